The van der Waals surface area contributed by atoms with Gasteiger partial charge in [0.2, 0.25) is 0 Å². The van der Waals surface area contributed by atoms with Gasteiger partial charge in [-0.15, -0.1) is 0 Å². The number of aryl methyl sites for hydroxylation is 1. The number of nitrogens with zero attached hydrogens (tertiary/aromatic N) is 2. The van der Waals surface area contributed by atoms with Crippen molar-refractivity contribution in [3.8, 4) is 11.1 Å². The summed E-state index contributed by atoms with van der Waals surface area (Å²) in [6.07, 6.45) is 5.95. The van der Waals surface area contributed by atoms with Crippen LogP contribution in [-0.2, 0) is 0 Å². The second-order valence-electron chi connectivity index (χ2n) is 3.90. The lowest BCUT2D eigenvalue weighted by molar-refractivity contribution is 1.09. The van der Waals surface area contributed by atoms with Gasteiger partial charge in [-0.1, -0.05) is 30.3 Å². The van der Waals surface area contributed by atoms with E-state index in [1.807, 2.05) is 25.4 Å². The van der Waals surface area contributed by atoms with Gasteiger partial charge in [0, 0.05) is 24.2 Å². The van der Waals surface area contributed by atoms with E-state index in [0.29, 0.717) is 0 Å². The Morgan fingerprint density at radius 3 is 2.62 bits per heavy atom. The van der Waals surface area contributed by atoms with E-state index >= 15 is 0 Å². The zero-order valence-electron chi connectivity index (χ0n) is 9.09. The molecule has 78 valence electrons. The molecule has 0 aliphatic heterocycles. The molecule has 0 spiro atoms. The Kier molecular flexibility index (Phi) is 2.00. The number of hydrogen-bond acceptors (Lipinski definition) is 1. The monoisotopic (exact) mass is 208 g/mol. The molecular weight excluding hydrogens is 196 g/mol. The van der Waals surface area contributed by atoms with E-state index in [1.54, 1.807) is 0 Å². The molecule has 0 aliphatic carbocycles. The minimum absolute atomic E-state index is 1.06. The van der Waals surface area contributed by atoms with Crippen LogP contribution < -0.4 is 0 Å². The van der Waals surface area contributed by atoms with Gasteiger partial charge in [0.25, 0.3) is 0 Å². The molecule has 1 aromatic carbocycles. The van der Waals surface area contributed by atoms with Crippen LogP contribution in [0.1, 0.15) is 5.69 Å². The first-order valence-electron chi connectivity index (χ1n) is 5.33. The first-order valence-corrected chi connectivity index (χ1v) is 5.33. The Balaban J connectivity index is 2.23. The van der Waals surface area contributed by atoms with E-state index < -0.39 is 0 Å². The van der Waals surface area contributed by atoms with Gasteiger partial charge < -0.3 is 4.40 Å². The van der Waals surface area contributed by atoms with Crippen molar-refractivity contribution < 1.29 is 0 Å². The van der Waals surface area contributed by atoms with Crippen molar-refractivity contribution in [2.75, 3.05) is 0 Å². The zero-order valence-corrected chi connectivity index (χ0v) is 9.09. The van der Waals surface area contributed by atoms with E-state index in [1.165, 1.54) is 16.6 Å². The Morgan fingerprint density at radius 1 is 1.06 bits per heavy atom. The molecule has 2 aromatic heterocycles. The molecule has 2 heterocycles. The molecule has 3 aromatic rings. The number of hydrogen-bond donors (Lipinski definition) is 0. The Hall–Kier alpha value is -2.09. The largest absolute Gasteiger partial charge is 0.320 e. The molecule has 0 saturated heterocycles. The second kappa shape index (κ2) is 3.49. The summed E-state index contributed by atoms with van der Waals surface area (Å²) in [4.78, 5) is 4.29. The molecule has 3 rings (SSSR count). The molecule has 16 heavy (non-hydrogen) atoms. The van der Waals surface area contributed by atoms with Crippen molar-refractivity contribution in [1.82, 2.24) is 9.38 Å². The minimum Gasteiger partial charge on any atom is -0.320 e. The first kappa shape index (κ1) is 9.16. The van der Waals surface area contributed by atoms with Crippen molar-refractivity contribution >= 4 is 5.52 Å². The van der Waals surface area contributed by atoms with E-state index in [9.17, 15) is 0 Å². The lowest BCUT2D eigenvalue weighted by Gasteiger charge is -1.94. The van der Waals surface area contributed by atoms with Crippen molar-refractivity contribution in [3.05, 3.63) is 60.7 Å². The summed E-state index contributed by atoms with van der Waals surface area (Å²) in [5.74, 6) is 0. The average Bonchev–Trinajstić information content (AvgIpc) is 2.76. The van der Waals surface area contributed by atoms with Crippen molar-refractivity contribution in [2.24, 2.45) is 0 Å². The Morgan fingerprint density at radius 2 is 1.88 bits per heavy atom. The molecule has 0 bridgehead atoms. The van der Waals surface area contributed by atoms with Crippen molar-refractivity contribution in [3.63, 3.8) is 0 Å². The van der Waals surface area contributed by atoms with Crippen LogP contribution in [0.4, 0.5) is 0 Å². The SMILES string of the molecule is Cc1nccn2cc(-c3ccccc3)cc12. The number of aromatic nitrogens is 2. The predicted octanol–water partition coefficient (Wildman–Crippen LogP) is 3.31. The maximum absolute atomic E-state index is 4.29. The molecule has 0 saturated carbocycles. The number of benzene rings is 1. The van der Waals surface area contributed by atoms with Gasteiger partial charge >= 0.3 is 0 Å². The third-order valence-corrected chi connectivity index (χ3v) is 2.82. The average molecular weight is 208 g/mol. The van der Waals surface area contributed by atoms with Crippen LogP contribution in [0.25, 0.3) is 16.6 Å². The van der Waals surface area contributed by atoms with Crippen LogP contribution in [-0.4, -0.2) is 9.38 Å². The number of rotatable bonds is 1. The highest BCUT2D eigenvalue weighted by Crippen LogP contribution is 2.22. The van der Waals surface area contributed by atoms with Crippen LogP contribution in [0.3, 0.4) is 0 Å². The maximum Gasteiger partial charge on any atom is 0.0670 e. The van der Waals surface area contributed by atoms with E-state index in [4.69, 9.17) is 0 Å². The highest BCUT2D eigenvalue weighted by molar-refractivity contribution is 5.71. The molecule has 0 aliphatic rings. The predicted molar refractivity (Wildman–Crippen MR) is 65.4 cm³/mol. The fourth-order valence-electron chi connectivity index (χ4n) is 1.96. The Labute approximate surface area is 94.2 Å². The highest BCUT2D eigenvalue weighted by atomic mass is 14.9. The van der Waals surface area contributed by atoms with Crippen LogP contribution in [0, 0.1) is 6.92 Å². The lowest BCUT2D eigenvalue weighted by Crippen LogP contribution is -1.86. The van der Waals surface area contributed by atoms with Gasteiger partial charge in [-0.05, 0) is 18.6 Å². The molecular formula is C14H12N2. The van der Waals surface area contributed by atoms with Crippen molar-refractivity contribution in [2.45, 2.75) is 6.92 Å². The minimum atomic E-state index is 1.06. The highest BCUT2D eigenvalue weighted by Gasteiger charge is 2.03. The Bertz CT molecular complexity index is 624. The van der Waals surface area contributed by atoms with Gasteiger partial charge in [0.05, 0.1) is 11.2 Å². The molecule has 0 unspecified atom stereocenters. The van der Waals surface area contributed by atoms with E-state index in [-0.39, 0.29) is 0 Å². The molecule has 0 fully saturated rings. The van der Waals surface area contributed by atoms with E-state index in [2.05, 4.69) is 45.9 Å². The fourth-order valence-corrected chi connectivity index (χ4v) is 1.96. The van der Waals surface area contributed by atoms with E-state index in [0.717, 1.165) is 5.69 Å². The van der Waals surface area contributed by atoms with Gasteiger partial charge in [-0.2, -0.15) is 0 Å². The topological polar surface area (TPSA) is 17.3 Å². The summed E-state index contributed by atoms with van der Waals surface area (Å²) in [7, 11) is 0. The van der Waals surface area contributed by atoms with Gasteiger partial charge in [0.1, 0.15) is 0 Å². The molecule has 0 N–H and O–H groups in total. The van der Waals surface area contributed by atoms with Gasteiger partial charge in [0.15, 0.2) is 0 Å². The summed E-state index contributed by atoms with van der Waals surface area (Å²) in [5, 5.41) is 0. The zero-order chi connectivity index (χ0) is 11.0. The normalized spacial score (nSPS) is 10.8. The second-order valence-corrected chi connectivity index (χ2v) is 3.90. The molecule has 2 heteroatoms. The van der Waals surface area contributed by atoms with Gasteiger partial charge in [-0.25, -0.2) is 0 Å². The van der Waals surface area contributed by atoms with Crippen LogP contribution in [0.15, 0.2) is 55.0 Å². The smallest absolute Gasteiger partial charge is 0.0670 e. The standard InChI is InChI=1S/C14H12N2/c1-11-14-9-13(10-16(14)8-7-15-11)12-5-3-2-4-6-12/h2-10H,1H3. The molecule has 0 amide bonds. The van der Waals surface area contributed by atoms with Crippen LogP contribution >= 0.6 is 0 Å². The summed E-state index contributed by atoms with van der Waals surface area (Å²) in [5.41, 5.74) is 4.70. The quantitative estimate of drug-likeness (QED) is 0.599. The molecule has 0 radical (unpaired) electrons. The summed E-state index contributed by atoms with van der Waals surface area (Å²) in [6, 6.07) is 12.6. The van der Waals surface area contributed by atoms with Gasteiger partial charge in [-0.3, -0.25) is 4.98 Å². The van der Waals surface area contributed by atoms with Crippen LogP contribution in [0.5, 0.6) is 0 Å². The third-order valence-electron chi connectivity index (χ3n) is 2.82. The van der Waals surface area contributed by atoms with Crippen molar-refractivity contribution in [1.29, 1.82) is 0 Å². The summed E-state index contributed by atoms with van der Waals surface area (Å²) >= 11 is 0. The third kappa shape index (κ3) is 1.39. The fraction of sp³-hybridized carbons (Fsp3) is 0.0714. The number of fused-ring (bicyclic) bond motifs is 1. The first-order chi connectivity index (χ1) is 7.84. The summed E-state index contributed by atoms with van der Waals surface area (Å²) in [6.45, 7) is 2.03. The lowest BCUT2D eigenvalue weighted by atomic mass is 10.1. The molecule has 0 atom stereocenters. The summed E-state index contributed by atoms with van der Waals surface area (Å²) < 4.78 is 2.12. The maximum atomic E-state index is 4.29. The van der Waals surface area contributed by atoms with Crippen LogP contribution in [0.2, 0.25) is 0 Å². The molecule has 2 nitrogen and oxygen atoms in total.